The number of fused-ring (bicyclic) bond motifs is 6. The molecular formula is C37H55NO4. The minimum absolute atomic E-state index is 0.0746. The fraction of sp³-hybridized carbons (Fsp3) is 0.757. The third-order valence-electron chi connectivity index (χ3n) is 13.5. The van der Waals surface area contributed by atoms with E-state index in [1.807, 2.05) is 6.07 Å². The van der Waals surface area contributed by atoms with Crippen LogP contribution in [0.4, 0.5) is 0 Å². The molecule has 42 heavy (non-hydrogen) atoms. The van der Waals surface area contributed by atoms with Gasteiger partial charge in [0.2, 0.25) is 0 Å². The number of rotatable bonds is 9. The lowest BCUT2D eigenvalue weighted by Gasteiger charge is -2.64. The number of carbonyl (C=O) groups excluding carboxylic acids is 1. The van der Waals surface area contributed by atoms with Crippen LogP contribution < -0.4 is 0 Å². The average molecular weight is 578 g/mol. The normalized spacial score (nSPS) is 40.2. The lowest BCUT2D eigenvalue weighted by atomic mass is 9.41. The summed E-state index contributed by atoms with van der Waals surface area (Å²) in [5.74, 6) is 3.34. The second-order valence-corrected chi connectivity index (χ2v) is 15.3. The molecule has 4 aliphatic rings. The summed E-state index contributed by atoms with van der Waals surface area (Å²) < 4.78 is 5.75. The molecule has 0 aliphatic heterocycles. The third-order valence-corrected chi connectivity index (χ3v) is 13.5. The van der Waals surface area contributed by atoms with Gasteiger partial charge in [0.05, 0.1) is 18.8 Å². The average Bonchev–Trinajstić information content (AvgIpc) is 3.55. The lowest BCUT2D eigenvalue weighted by molar-refractivity contribution is -0.203. The van der Waals surface area contributed by atoms with Crippen LogP contribution >= 0.6 is 0 Å². The van der Waals surface area contributed by atoms with Crippen molar-refractivity contribution < 1.29 is 19.7 Å². The molecule has 232 valence electrons. The van der Waals surface area contributed by atoms with E-state index in [1.54, 1.807) is 0 Å². The summed E-state index contributed by atoms with van der Waals surface area (Å²) in [5.41, 5.74) is 2.91. The second kappa shape index (κ2) is 11.9. The largest absolute Gasteiger partial charge is 0.466 e. The maximum absolute atomic E-state index is 12.6. The Bertz CT molecular complexity index is 1240. The van der Waals surface area contributed by atoms with Crippen LogP contribution in [0.2, 0.25) is 0 Å². The van der Waals surface area contributed by atoms with Crippen LogP contribution in [-0.4, -0.2) is 40.0 Å². The van der Waals surface area contributed by atoms with Gasteiger partial charge in [-0.25, -0.2) is 0 Å². The second-order valence-electron chi connectivity index (χ2n) is 15.3. The molecule has 0 radical (unpaired) electrons. The third kappa shape index (κ3) is 5.15. The number of aliphatic hydroxyl groups is 2. The molecule has 5 heteroatoms. The predicted octanol–water partition coefficient (Wildman–Crippen LogP) is 7.69. The van der Waals surface area contributed by atoms with Gasteiger partial charge in [0.15, 0.2) is 0 Å². The molecule has 0 spiro atoms. The lowest BCUT2D eigenvalue weighted by Crippen LogP contribution is -2.62. The minimum Gasteiger partial charge on any atom is -0.466 e. The van der Waals surface area contributed by atoms with Crippen molar-refractivity contribution in [2.24, 2.45) is 52.3 Å². The highest BCUT2D eigenvalue weighted by Crippen LogP contribution is 2.69. The van der Waals surface area contributed by atoms with Crippen LogP contribution in [0.1, 0.15) is 104 Å². The molecule has 3 N–H and O–H groups in total. The molecule has 6 rings (SSSR count). The topological polar surface area (TPSA) is 82.5 Å². The number of esters is 1. The Hall–Kier alpha value is -1.85. The van der Waals surface area contributed by atoms with E-state index >= 15 is 0 Å². The summed E-state index contributed by atoms with van der Waals surface area (Å²) in [7, 11) is 0. The number of aromatic nitrogens is 1. The first kappa shape index (κ1) is 30.2. The number of hydrogen-bond acceptors (Lipinski definition) is 4. The molecule has 11 atom stereocenters. The zero-order valence-electron chi connectivity index (χ0n) is 26.5. The summed E-state index contributed by atoms with van der Waals surface area (Å²) in [6.07, 6.45) is 13.5. The zero-order valence-corrected chi connectivity index (χ0v) is 26.5. The van der Waals surface area contributed by atoms with Gasteiger partial charge in [0, 0.05) is 23.5 Å². The molecule has 0 bridgehead atoms. The van der Waals surface area contributed by atoms with Crippen molar-refractivity contribution in [3.63, 3.8) is 0 Å². The summed E-state index contributed by atoms with van der Waals surface area (Å²) in [6.45, 7) is 10.2. The smallest absolute Gasteiger partial charge is 0.305 e. The van der Waals surface area contributed by atoms with Crippen molar-refractivity contribution in [1.82, 2.24) is 4.98 Å². The van der Waals surface area contributed by atoms with E-state index in [1.165, 1.54) is 36.6 Å². The van der Waals surface area contributed by atoms with E-state index in [0.29, 0.717) is 54.5 Å². The van der Waals surface area contributed by atoms with Crippen molar-refractivity contribution in [3.05, 3.63) is 36.0 Å². The summed E-state index contributed by atoms with van der Waals surface area (Å²) >= 11 is 0. The molecule has 0 amide bonds. The van der Waals surface area contributed by atoms with Crippen LogP contribution in [0.5, 0.6) is 0 Å². The molecule has 4 fully saturated rings. The van der Waals surface area contributed by atoms with Crippen molar-refractivity contribution in [3.8, 4) is 0 Å². The summed E-state index contributed by atoms with van der Waals surface area (Å²) in [4.78, 5) is 15.9. The van der Waals surface area contributed by atoms with Gasteiger partial charge in [0.1, 0.15) is 0 Å². The Morgan fingerprint density at radius 1 is 1.05 bits per heavy atom. The molecule has 0 saturated heterocycles. The van der Waals surface area contributed by atoms with Crippen LogP contribution in [0, 0.1) is 52.3 Å². The maximum Gasteiger partial charge on any atom is 0.305 e. The van der Waals surface area contributed by atoms with Gasteiger partial charge in [-0.05, 0) is 128 Å². The van der Waals surface area contributed by atoms with E-state index in [2.05, 4.69) is 57.1 Å². The Balaban J connectivity index is 1.03. The number of benzene rings is 1. The fourth-order valence-electron chi connectivity index (χ4n) is 11.3. The molecular weight excluding hydrogens is 522 g/mol. The van der Waals surface area contributed by atoms with Crippen molar-refractivity contribution in [2.75, 3.05) is 6.61 Å². The predicted molar refractivity (Wildman–Crippen MR) is 168 cm³/mol. The Morgan fingerprint density at radius 3 is 2.62 bits per heavy atom. The first-order chi connectivity index (χ1) is 20.2. The Kier molecular flexibility index (Phi) is 8.56. The van der Waals surface area contributed by atoms with Crippen molar-refractivity contribution in [2.45, 2.75) is 117 Å². The van der Waals surface area contributed by atoms with Crippen molar-refractivity contribution in [1.29, 1.82) is 0 Å². The van der Waals surface area contributed by atoms with Crippen LogP contribution in [0.15, 0.2) is 30.5 Å². The first-order valence-corrected chi connectivity index (χ1v) is 17.2. The van der Waals surface area contributed by atoms with Gasteiger partial charge in [-0.15, -0.1) is 0 Å². The van der Waals surface area contributed by atoms with Gasteiger partial charge in [-0.3, -0.25) is 4.79 Å². The number of aromatic amines is 1. The van der Waals surface area contributed by atoms with Crippen LogP contribution in [-0.2, 0) is 16.0 Å². The monoisotopic (exact) mass is 577 g/mol. The SMILES string of the molecule is CC[C@H]1[C@@H](O)[C@@H]2[C@H](CC[C@]3(C)[C@@H]([C@H](C)CCOC(=O)CCCc4c[nH]c5ccccc45)CC[C@@H]23)[C@@]2(C)CC[C@@H](O)C[C@@H]12. The quantitative estimate of drug-likeness (QED) is 0.267. The van der Waals surface area contributed by atoms with Crippen LogP contribution in [0.3, 0.4) is 0 Å². The van der Waals surface area contributed by atoms with Gasteiger partial charge in [-0.1, -0.05) is 52.3 Å². The molecule has 2 aromatic rings. The van der Waals surface area contributed by atoms with E-state index < -0.39 is 0 Å². The zero-order chi connectivity index (χ0) is 29.6. The molecule has 4 saturated carbocycles. The molecule has 1 aromatic heterocycles. The van der Waals surface area contributed by atoms with Gasteiger partial charge in [-0.2, -0.15) is 0 Å². The van der Waals surface area contributed by atoms with Crippen LogP contribution in [0.25, 0.3) is 10.9 Å². The maximum atomic E-state index is 12.6. The number of aliphatic hydroxyl groups excluding tert-OH is 2. The van der Waals surface area contributed by atoms with E-state index in [4.69, 9.17) is 4.74 Å². The first-order valence-electron chi connectivity index (χ1n) is 17.2. The molecule has 1 aromatic carbocycles. The standard InChI is InChI=1S/C37H55NO4/c1-5-26-31-21-25(39)15-18-37(31,4)30-16-19-36(3)28(13-14-29(36)34(30)35(26)41)23(2)17-20-42-33(40)12-8-9-24-22-38-32-11-7-6-10-27(24)32/h6-7,10-11,22-23,25-26,28-31,34-35,38-39,41H,5,8-9,12-21H2,1-4H3/t23-,25-,26-,28-,29+,30+,31+,34+,35-,36-,37-/m1/s1. The van der Waals surface area contributed by atoms with Gasteiger partial charge < -0.3 is 19.9 Å². The minimum atomic E-state index is -0.243. The number of carbonyl (C=O) groups is 1. The van der Waals surface area contributed by atoms with E-state index in [0.717, 1.165) is 50.5 Å². The number of H-pyrrole nitrogens is 1. The number of nitrogens with one attached hydrogen (secondary N) is 1. The van der Waals surface area contributed by atoms with E-state index in [-0.39, 0.29) is 29.0 Å². The Morgan fingerprint density at radius 2 is 1.81 bits per heavy atom. The van der Waals surface area contributed by atoms with E-state index in [9.17, 15) is 15.0 Å². The van der Waals surface area contributed by atoms with Gasteiger partial charge in [0.25, 0.3) is 0 Å². The summed E-state index contributed by atoms with van der Waals surface area (Å²) in [5, 5.41) is 23.7. The Labute approximate surface area is 253 Å². The highest BCUT2D eigenvalue weighted by molar-refractivity contribution is 5.83. The highest BCUT2D eigenvalue weighted by atomic mass is 16.5. The number of hydrogen-bond donors (Lipinski definition) is 3. The fourth-order valence-corrected chi connectivity index (χ4v) is 11.3. The summed E-state index contributed by atoms with van der Waals surface area (Å²) in [6, 6.07) is 8.32. The molecule has 5 nitrogen and oxygen atoms in total. The molecule has 0 unspecified atom stereocenters. The highest BCUT2D eigenvalue weighted by Gasteiger charge is 2.64. The molecule has 4 aliphatic carbocycles. The van der Waals surface area contributed by atoms with Gasteiger partial charge >= 0.3 is 5.97 Å². The number of aryl methyl sites for hydroxylation is 1. The number of para-hydroxylation sites is 1. The van der Waals surface area contributed by atoms with Crippen molar-refractivity contribution >= 4 is 16.9 Å². The number of ether oxygens (including phenoxy) is 1. The molecule has 1 heterocycles.